The fourth-order valence-corrected chi connectivity index (χ4v) is 1.56. The maximum atomic E-state index is 5.64. The van der Waals surface area contributed by atoms with E-state index in [1.54, 1.807) is 7.05 Å². The lowest BCUT2D eigenvalue weighted by Gasteiger charge is -2.20. The van der Waals surface area contributed by atoms with E-state index in [0.29, 0.717) is 18.6 Å². The molecule has 0 amide bonds. The molecular formula is C16H27N3O. The van der Waals surface area contributed by atoms with Crippen LogP contribution in [0.15, 0.2) is 35.3 Å². The van der Waals surface area contributed by atoms with E-state index in [9.17, 15) is 0 Å². The first-order valence-corrected chi connectivity index (χ1v) is 7.28. The second-order valence-corrected chi connectivity index (χ2v) is 5.19. The lowest BCUT2D eigenvalue weighted by Crippen LogP contribution is -2.44. The van der Waals surface area contributed by atoms with Crippen LogP contribution in [-0.2, 0) is 0 Å². The van der Waals surface area contributed by atoms with Crippen molar-refractivity contribution >= 4 is 5.96 Å². The third-order valence-corrected chi connectivity index (χ3v) is 3.21. The first kappa shape index (κ1) is 16.3. The molecule has 0 aliphatic heterocycles. The molecule has 0 aliphatic rings. The summed E-state index contributed by atoms with van der Waals surface area (Å²) in [4.78, 5) is 4.22. The van der Waals surface area contributed by atoms with Crippen molar-refractivity contribution in [3.8, 4) is 5.75 Å². The topological polar surface area (TPSA) is 45.7 Å². The average molecular weight is 277 g/mol. The predicted octanol–water partition coefficient (Wildman–Crippen LogP) is 2.67. The summed E-state index contributed by atoms with van der Waals surface area (Å²) in [6, 6.07) is 10.3. The highest BCUT2D eigenvalue weighted by atomic mass is 16.5. The molecule has 1 atom stereocenters. The van der Waals surface area contributed by atoms with E-state index in [1.807, 2.05) is 30.3 Å². The van der Waals surface area contributed by atoms with Crippen LogP contribution < -0.4 is 15.4 Å². The summed E-state index contributed by atoms with van der Waals surface area (Å²) in [5, 5.41) is 6.67. The van der Waals surface area contributed by atoms with Crippen molar-refractivity contribution in [1.29, 1.82) is 0 Å². The molecule has 20 heavy (non-hydrogen) atoms. The highest BCUT2D eigenvalue weighted by Gasteiger charge is 2.08. The second-order valence-electron chi connectivity index (χ2n) is 5.19. The van der Waals surface area contributed by atoms with E-state index in [1.165, 1.54) is 0 Å². The molecule has 4 nitrogen and oxygen atoms in total. The van der Waals surface area contributed by atoms with Gasteiger partial charge in [-0.3, -0.25) is 4.99 Å². The fraction of sp³-hybridized carbons (Fsp3) is 0.562. The molecule has 1 unspecified atom stereocenters. The van der Waals surface area contributed by atoms with Gasteiger partial charge in [-0.25, -0.2) is 0 Å². The second kappa shape index (κ2) is 9.23. The molecule has 1 rings (SSSR count). The van der Waals surface area contributed by atoms with Gasteiger partial charge in [-0.2, -0.15) is 0 Å². The minimum Gasteiger partial charge on any atom is -0.494 e. The fourth-order valence-electron chi connectivity index (χ4n) is 1.56. The number of nitrogens with zero attached hydrogens (tertiary/aromatic N) is 1. The lowest BCUT2D eigenvalue weighted by atomic mass is 10.1. The van der Waals surface area contributed by atoms with Gasteiger partial charge in [0, 0.05) is 19.6 Å². The number of rotatable bonds is 7. The van der Waals surface area contributed by atoms with Gasteiger partial charge >= 0.3 is 0 Å². The summed E-state index contributed by atoms with van der Waals surface area (Å²) in [7, 11) is 1.79. The van der Waals surface area contributed by atoms with E-state index in [-0.39, 0.29) is 0 Å². The average Bonchev–Trinajstić information content (AvgIpc) is 2.46. The number of hydrogen-bond donors (Lipinski definition) is 2. The van der Waals surface area contributed by atoms with Crippen LogP contribution >= 0.6 is 0 Å². The molecule has 4 heteroatoms. The molecule has 112 valence electrons. The number of hydrogen-bond acceptors (Lipinski definition) is 2. The standard InChI is InChI=1S/C16H27N3O/c1-13(2)14(3)19-16(17-4)18-11-8-12-20-15-9-6-5-7-10-15/h5-7,9-10,13-14H,8,11-12H2,1-4H3,(H2,17,18,19). The number of para-hydroxylation sites is 1. The molecule has 2 N–H and O–H groups in total. The number of aliphatic imine (C=N–C) groups is 1. The summed E-state index contributed by atoms with van der Waals surface area (Å²) in [5.74, 6) is 2.35. The van der Waals surface area contributed by atoms with E-state index in [4.69, 9.17) is 4.74 Å². The van der Waals surface area contributed by atoms with Crippen LogP contribution in [0.25, 0.3) is 0 Å². The minimum atomic E-state index is 0.404. The zero-order chi connectivity index (χ0) is 14.8. The molecule has 0 saturated carbocycles. The molecule has 0 heterocycles. The van der Waals surface area contributed by atoms with Crippen molar-refractivity contribution in [2.75, 3.05) is 20.2 Å². The molecule has 0 spiro atoms. The van der Waals surface area contributed by atoms with Crippen LogP contribution in [0, 0.1) is 5.92 Å². The van der Waals surface area contributed by atoms with Crippen molar-refractivity contribution in [3.63, 3.8) is 0 Å². The predicted molar refractivity (Wildman–Crippen MR) is 85.4 cm³/mol. The SMILES string of the molecule is CN=C(NCCCOc1ccccc1)NC(C)C(C)C. The van der Waals surface area contributed by atoms with Gasteiger partial charge in [0.05, 0.1) is 6.61 Å². The van der Waals surface area contributed by atoms with E-state index in [2.05, 4.69) is 36.4 Å². The molecule has 0 radical (unpaired) electrons. The summed E-state index contributed by atoms with van der Waals surface area (Å²) in [5.41, 5.74) is 0. The Labute approximate surface area is 122 Å². The molecular weight excluding hydrogens is 250 g/mol. The zero-order valence-corrected chi connectivity index (χ0v) is 13.0. The van der Waals surface area contributed by atoms with E-state index >= 15 is 0 Å². The van der Waals surface area contributed by atoms with Crippen LogP contribution in [0.1, 0.15) is 27.2 Å². The Kier molecular flexibility index (Phi) is 7.55. The Bertz CT molecular complexity index is 390. The highest BCUT2D eigenvalue weighted by Crippen LogP contribution is 2.08. The van der Waals surface area contributed by atoms with Gasteiger partial charge in [0.1, 0.15) is 5.75 Å². The number of benzene rings is 1. The lowest BCUT2D eigenvalue weighted by molar-refractivity contribution is 0.311. The Morgan fingerprint density at radius 3 is 2.50 bits per heavy atom. The van der Waals surface area contributed by atoms with Crippen LogP contribution in [0.3, 0.4) is 0 Å². The quantitative estimate of drug-likeness (QED) is 0.457. The Morgan fingerprint density at radius 1 is 1.20 bits per heavy atom. The van der Waals surface area contributed by atoms with Gasteiger partial charge in [0.2, 0.25) is 0 Å². The maximum absolute atomic E-state index is 5.64. The van der Waals surface area contributed by atoms with Gasteiger partial charge in [-0.05, 0) is 31.4 Å². The van der Waals surface area contributed by atoms with Crippen molar-refractivity contribution in [2.24, 2.45) is 10.9 Å². The largest absolute Gasteiger partial charge is 0.494 e. The Balaban J connectivity index is 2.16. The molecule has 0 saturated heterocycles. The number of guanidine groups is 1. The van der Waals surface area contributed by atoms with Gasteiger partial charge in [0.15, 0.2) is 5.96 Å². The number of ether oxygens (including phenoxy) is 1. The summed E-state index contributed by atoms with van der Waals surface area (Å²) < 4.78 is 5.64. The minimum absolute atomic E-state index is 0.404. The Hall–Kier alpha value is -1.71. The summed E-state index contributed by atoms with van der Waals surface area (Å²) in [6.45, 7) is 8.10. The Morgan fingerprint density at radius 2 is 1.90 bits per heavy atom. The summed E-state index contributed by atoms with van der Waals surface area (Å²) >= 11 is 0. The van der Waals surface area contributed by atoms with Crippen LogP contribution in [0.5, 0.6) is 5.75 Å². The molecule has 0 aromatic heterocycles. The van der Waals surface area contributed by atoms with Crippen LogP contribution in [-0.4, -0.2) is 32.2 Å². The summed E-state index contributed by atoms with van der Waals surface area (Å²) in [6.07, 6.45) is 0.936. The normalized spacial score (nSPS) is 13.2. The van der Waals surface area contributed by atoms with E-state index < -0.39 is 0 Å². The first-order valence-electron chi connectivity index (χ1n) is 7.28. The van der Waals surface area contributed by atoms with Crippen LogP contribution in [0.4, 0.5) is 0 Å². The van der Waals surface area contributed by atoms with Gasteiger partial charge in [-0.1, -0.05) is 32.0 Å². The smallest absolute Gasteiger partial charge is 0.191 e. The van der Waals surface area contributed by atoms with Crippen molar-refractivity contribution in [3.05, 3.63) is 30.3 Å². The maximum Gasteiger partial charge on any atom is 0.191 e. The van der Waals surface area contributed by atoms with Gasteiger partial charge in [0.25, 0.3) is 0 Å². The van der Waals surface area contributed by atoms with Gasteiger partial charge < -0.3 is 15.4 Å². The van der Waals surface area contributed by atoms with E-state index in [0.717, 1.165) is 24.7 Å². The van der Waals surface area contributed by atoms with Crippen LogP contribution in [0.2, 0.25) is 0 Å². The molecule has 0 fully saturated rings. The molecule has 1 aromatic rings. The molecule has 0 bridgehead atoms. The van der Waals surface area contributed by atoms with Crippen molar-refractivity contribution in [2.45, 2.75) is 33.2 Å². The molecule has 1 aromatic carbocycles. The highest BCUT2D eigenvalue weighted by molar-refractivity contribution is 5.79. The third kappa shape index (κ3) is 6.45. The van der Waals surface area contributed by atoms with Crippen molar-refractivity contribution < 1.29 is 4.74 Å². The number of nitrogens with one attached hydrogen (secondary N) is 2. The molecule has 0 aliphatic carbocycles. The third-order valence-electron chi connectivity index (χ3n) is 3.21. The van der Waals surface area contributed by atoms with Crippen molar-refractivity contribution in [1.82, 2.24) is 10.6 Å². The zero-order valence-electron chi connectivity index (χ0n) is 13.0. The first-order chi connectivity index (χ1) is 9.63. The van der Waals surface area contributed by atoms with Gasteiger partial charge in [-0.15, -0.1) is 0 Å². The monoisotopic (exact) mass is 277 g/mol.